The van der Waals surface area contributed by atoms with Crippen LogP contribution in [0.25, 0.3) is 6.08 Å². The summed E-state index contributed by atoms with van der Waals surface area (Å²) in [6, 6.07) is 17.3. The molecule has 1 aliphatic heterocycles. The number of ketones is 1. The Labute approximate surface area is 162 Å². The molecule has 3 aromatic rings. The van der Waals surface area contributed by atoms with E-state index in [1.165, 1.54) is 10.5 Å². The third-order valence-corrected chi connectivity index (χ3v) is 5.38. The van der Waals surface area contributed by atoms with Crippen LogP contribution in [0, 0.1) is 0 Å². The van der Waals surface area contributed by atoms with Crippen LogP contribution in [-0.4, -0.2) is 17.9 Å². The number of rotatable bonds is 5. The second-order valence-electron chi connectivity index (χ2n) is 6.69. The van der Waals surface area contributed by atoms with Gasteiger partial charge in [-0.2, -0.15) is 0 Å². The Morgan fingerprint density at radius 1 is 1.07 bits per heavy atom. The summed E-state index contributed by atoms with van der Waals surface area (Å²) in [5.74, 6) is 0.807. The third-order valence-electron chi connectivity index (χ3n) is 4.56. The summed E-state index contributed by atoms with van der Waals surface area (Å²) in [6.07, 6.45) is 1.76. The number of thiophene rings is 1. The van der Waals surface area contributed by atoms with Gasteiger partial charge in [-0.3, -0.25) is 4.79 Å². The van der Waals surface area contributed by atoms with Gasteiger partial charge in [-0.15, -0.1) is 11.3 Å². The second kappa shape index (κ2) is 7.39. The number of phenols is 1. The summed E-state index contributed by atoms with van der Waals surface area (Å²) in [5, 5.41) is 12.4. The maximum atomic E-state index is 12.7. The van der Waals surface area contributed by atoms with Crippen LogP contribution in [0.4, 0.5) is 0 Å². The number of hydrogen-bond acceptors (Lipinski definition) is 4. The van der Waals surface area contributed by atoms with Crippen molar-refractivity contribution in [1.29, 1.82) is 0 Å². The summed E-state index contributed by atoms with van der Waals surface area (Å²) in [6.45, 7) is 1.37. The number of quaternary nitrogens is 1. The first kappa shape index (κ1) is 17.5. The molecule has 5 heteroatoms. The standard InChI is InChI=1S/C22H19NO3S/c1-23(13-15-6-3-2-4-7-15)14-18-19(24)10-9-17-21(25)20(26-22(17)18)12-16-8-5-11-27-16/h2-12,24H,13-14H2,1H3/p+1/b20-12-. The van der Waals surface area contributed by atoms with E-state index in [0.717, 1.165) is 11.4 Å². The van der Waals surface area contributed by atoms with Crippen molar-refractivity contribution in [3.63, 3.8) is 0 Å². The molecule has 0 saturated carbocycles. The van der Waals surface area contributed by atoms with E-state index in [-0.39, 0.29) is 11.5 Å². The Hall–Kier alpha value is -2.89. The van der Waals surface area contributed by atoms with E-state index in [4.69, 9.17) is 4.74 Å². The number of phenolic OH excluding ortho intramolecular Hbond substituents is 1. The van der Waals surface area contributed by atoms with Gasteiger partial charge >= 0.3 is 0 Å². The molecule has 1 aromatic heterocycles. The summed E-state index contributed by atoms with van der Waals surface area (Å²) in [4.78, 5) is 14.8. The minimum absolute atomic E-state index is 0.139. The first-order valence-corrected chi connectivity index (χ1v) is 9.67. The minimum Gasteiger partial charge on any atom is -0.507 e. The fourth-order valence-electron chi connectivity index (χ4n) is 3.28. The van der Waals surface area contributed by atoms with Gasteiger partial charge in [-0.25, -0.2) is 0 Å². The molecule has 27 heavy (non-hydrogen) atoms. The molecule has 1 unspecified atom stereocenters. The zero-order valence-electron chi connectivity index (χ0n) is 14.9. The van der Waals surface area contributed by atoms with Crippen LogP contribution < -0.4 is 9.64 Å². The molecule has 0 radical (unpaired) electrons. The summed E-state index contributed by atoms with van der Waals surface area (Å²) in [7, 11) is 2.06. The Balaban J connectivity index is 1.60. The van der Waals surface area contributed by atoms with Gasteiger partial charge in [0.2, 0.25) is 5.78 Å². The number of nitrogens with one attached hydrogen (secondary N) is 1. The maximum Gasteiger partial charge on any atom is 0.232 e. The van der Waals surface area contributed by atoms with Gasteiger partial charge < -0.3 is 14.7 Å². The van der Waals surface area contributed by atoms with E-state index in [1.54, 1.807) is 29.5 Å². The summed E-state index contributed by atoms with van der Waals surface area (Å²) >= 11 is 1.55. The van der Waals surface area contributed by atoms with Crippen LogP contribution in [0.5, 0.6) is 11.5 Å². The third kappa shape index (κ3) is 3.65. The molecule has 0 spiro atoms. The largest absolute Gasteiger partial charge is 0.507 e. The van der Waals surface area contributed by atoms with Crippen LogP contribution in [0.3, 0.4) is 0 Å². The van der Waals surface area contributed by atoms with Crippen LogP contribution in [-0.2, 0) is 13.1 Å². The number of ether oxygens (including phenoxy) is 1. The molecule has 2 heterocycles. The second-order valence-corrected chi connectivity index (χ2v) is 7.67. The summed E-state index contributed by atoms with van der Waals surface area (Å²) < 4.78 is 5.90. The zero-order chi connectivity index (χ0) is 18.8. The molecule has 0 fully saturated rings. The number of fused-ring (bicyclic) bond motifs is 1. The highest BCUT2D eigenvalue weighted by Crippen LogP contribution is 2.39. The monoisotopic (exact) mass is 378 g/mol. The Morgan fingerprint density at radius 3 is 2.63 bits per heavy atom. The topological polar surface area (TPSA) is 51.0 Å². The number of carbonyl (C=O) groups is 1. The van der Waals surface area contributed by atoms with E-state index in [1.807, 2.05) is 35.7 Å². The van der Waals surface area contributed by atoms with E-state index >= 15 is 0 Å². The fourth-order valence-corrected chi connectivity index (χ4v) is 3.93. The molecule has 0 saturated heterocycles. The molecule has 4 rings (SSSR count). The quantitative estimate of drug-likeness (QED) is 0.670. The van der Waals surface area contributed by atoms with Gasteiger partial charge in [0.15, 0.2) is 11.5 Å². The lowest BCUT2D eigenvalue weighted by Gasteiger charge is -2.16. The summed E-state index contributed by atoms with van der Waals surface area (Å²) in [5.41, 5.74) is 2.40. The first-order valence-electron chi connectivity index (χ1n) is 8.79. The molecular weight excluding hydrogens is 358 g/mol. The number of carbonyl (C=O) groups excluding carboxylic acids is 1. The number of aromatic hydroxyl groups is 1. The smallest absolute Gasteiger partial charge is 0.232 e. The van der Waals surface area contributed by atoms with E-state index < -0.39 is 0 Å². The molecule has 2 aromatic carbocycles. The predicted molar refractivity (Wildman–Crippen MR) is 106 cm³/mol. The lowest BCUT2D eigenvalue weighted by Crippen LogP contribution is -3.06. The minimum atomic E-state index is -0.139. The Morgan fingerprint density at radius 2 is 1.89 bits per heavy atom. The lowest BCUT2D eigenvalue weighted by atomic mass is 10.0. The van der Waals surface area contributed by atoms with Crippen molar-refractivity contribution in [3.05, 3.63) is 87.3 Å². The SMILES string of the molecule is C[NH+](Cc1ccccc1)Cc1c(O)ccc2c1O/C(=C\c1cccs1)C2=O. The van der Waals surface area contributed by atoms with Crippen molar-refractivity contribution < 1.29 is 19.5 Å². The van der Waals surface area contributed by atoms with Crippen LogP contribution in [0.1, 0.15) is 26.4 Å². The van der Waals surface area contributed by atoms with Crippen LogP contribution >= 0.6 is 11.3 Å². The van der Waals surface area contributed by atoms with Gasteiger partial charge in [0, 0.05) is 16.5 Å². The van der Waals surface area contributed by atoms with Gasteiger partial charge in [-0.05, 0) is 23.6 Å². The van der Waals surface area contributed by atoms with E-state index in [0.29, 0.717) is 29.2 Å². The van der Waals surface area contributed by atoms with Gasteiger partial charge in [0.25, 0.3) is 0 Å². The molecule has 1 atom stereocenters. The lowest BCUT2D eigenvalue weighted by molar-refractivity contribution is -0.907. The highest BCUT2D eigenvalue weighted by molar-refractivity contribution is 7.10. The molecule has 136 valence electrons. The molecule has 2 N–H and O–H groups in total. The number of allylic oxidation sites excluding steroid dienone is 1. The van der Waals surface area contributed by atoms with Crippen molar-refractivity contribution in [3.8, 4) is 11.5 Å². The van der Waals surface area contributed by atoms with Crippen molar-refractivity contribution >= 4 is 23.2 Å². The van der Waals surface area contributed by atoms with Gasteiger partial charge in [0.1, 0.15) is 18.8 Å². The average molecular weight is 378 g/mol. The van der Waals surface area contributed by atoms with Crippen molar-refractivity contribution in [2.45, 2.75) is 13.1 Å². The molecular formula is C22H20NO3S+. The van der Waals surface area contributed by atoms with Crippen molar-refractivity contribution in [2.24, 2.45) is 0 Å². The Bertz CT molecular complexity index is 994. The molecule has 1 aliphatic rings. The number of Topliss-reactive ketones (excluding diaryl/α,β-unsaturated/α-hetero) is 1. The molecule has 0 bridgehead atoms. The average Bonchev–Trinajstić information content (AvgIpc) is 3.28. The number of benzene rings is 2. The van der Waals surface area contributed by atoms with Gasteiger partial charge in [0.05, 0.1) is 18.2 Å². The van der Waals surface area contributed by atoms with Crippen molar-refractivity contribution in [2.75, 3.05) is 7.05 Å². The van der Waals surface area contributed by atoms with Crippen LogP contribution in [0.2, 0.25) is 0 Å². The fraction of sp³-hybridized carbons (Fsp3) is 0.136. The van der Waals surface area contributed by atoms with Crippen molar-refractivity contribution in [1.82, 2.24) is 0 Å². The molecule has 0 aliphatic carbocycles. The van der Waals surface area contributed by atoms with E-state index in [2.05, 4.69) is 19.2 Å². The zero-order valence-corrected chi connectivity index (χ0v) is 15.8. The molecule has 0 amide bonds. The first-order chi connectivity index (χ1) is 13.1. The highest BCUT2D eigenvalue weighted by Gasteiger charge is 2.32. The Kier molecular flexibility index (Phi) is 4.79. The van der Waals surface area contributed by atoms with Crippen LogP contribution in [0.15, 0.2) is 65.7 Å². The highest BCUT2D eigenvalue weighted by atomic mass is 32.1. The maximum absolute atomic E-state index is 12.7. The predicted octanol–water partition coefficient (Wildman–Crippen LogP) is 3.28. The van der Waals surface area contributed by atoms with Gasteiger partial charge in [-0.1, -0.05) is 36.4 Å². The number of hydrogen-bond donors (Lipinski definition) is 2. The molecule has 4 nitrogen and oxygen atoms in total. The normalized spacial score (nSPS) is 15.6. The van der Waals surface area contributed by atoms with E-state index in [9.17, 15) is 9.90 Å².